The number of nitrogens with one attached hydrogen (secondary N) is 1. The molecule has 0 unspecified atom stereocenters. The maximum atomic E-state index is 14.2. The van der Waals surface area contributed by atoms with Crippen molar-refractivity contribution in [1.29, 1.82) is 0 Å². The van der Waals surface area contributed by atoms with Crippen molar-refractivity contribution in [2.24, 2.45) is 0 Å². The van der Waals surface area contributed by atoms with Gasteiger partial charge in [0.05, 0.1) is 0 Å². The van der Waals surface area contributed by atoms with Gasteiger partial charge in [0.25, 0.3) is 0 Å². The van der Waals surface area contributed by atoms with Crippen molar-refractivity contribution in [1.82, 2.24) is 5.32 Å². The van der Waals surface area contributed by atoms with E-state index in [1.165, 1.54) is 18.4 Å². The molecule has 2 rings (SSSR count). The second kappa shape index (κ2) is 7.94. The first kappa shape index (κ1) is 15.7. The molecule has 0 aliphatic heterocycles. The molecule has 0 radical (unpaired) electrons. The van der Waals surface area contributed by atoms with Gasteiger partial charge in [0.2, 0.25) is 0 Å². The summed E-state index contributed by atoms with van der Waals surface area (Å²) in [5.74, 6) is -0.147. The lowest BCUT2D eigenvalue weighted by molar-refractivity contribution is 0.625. The molecule has 0 saturated carbocycles. The third-order valence-electron chi connectivity index (χ3n) is 3.70. The second-order valence-corrected chi connectivity index (χ2v) is 5.40. The predicted octanol–water partition coefficient (Wildman–Crippen LogP) is 4.94. The number of benzene rings is 2. The Labute approximate surface area is 127 Å². The van der Waals surface area contributed by atoms with Crippen LogP contribution in [0.1, 0.15) is 37.8 Å². The van der Waals surface area contributed by atoms with Crippen molar-refractivity contribution in [2.45, 2.75) is 39.7 Å². The van der Waals surface area contributed by atoms with Crippen molar-refractivity contribution in [3.63, 3.8) is 0 Å². The Morgan fingerprint density at radius 1 is 0.952 bits per heavy atom. The third-order valence-corrected chi connectivity index (χ3v) is 3.70. The average molecular weight is 285 g/mol. The van der Waals surface area contributed by atoms with Crippen LogP contribution in [-0.4, -0.2) is 6.54 Å². The first-order chi connectivity index (χ1) is 10.2. The highest BCUT2D eigenvalue weighted by molar-refractivity contribution is 5.64. The van der Waals surface area contributed by atoms with Crippen LogP contribution in [0.15, 0.2) is 42.5 Å². The van der Waals surface area contributed by atoms with Crippen LogP contribution in [0.2, 0.25) is 0 Å². The molecule has 2 aromatic rings. The van der Waals surface area contributed by atoms with Crippen molar-refractivity contribution in [3.05, 3.63) is 59.4 Å². The molecule has 0 heterocycles. The van der Waals surface area contributed by atoms with E-state index in [0.717, 1.165) is 24.1 Å². The highest BCUT2D eigenvalue weighted by Crippen LogP contribution is 2.24. The molecule has 0 atom stereocenters. The van der Waals surface area contributed by atoms with Crippen LogP contribution in [0.5, 0.6) is 0 Å². The van der Waals surface area contributed by atoms with E-state index in [2.05, 4.69) is 24.4 Å². The average Bonchev–Trinajstić information content (AvgIpc) is 2.52. The number of unbranched alkanes of at least 4 members (excludes halogenated alkanes) is 1. The van der Waals surface area contributed by atoms with E-state index in [0.29, 0.717) is 12.1 Å². The lowest BCUT2D eigenvalue weighted by Gasteiger charge is -2.08. The molecule has 1 nitrogen and oxygen atoms in total. The molecule has 0 aromatic heterocycles. The summed E-state index contributed by atoms with van der Waals surface area (Å²) in [7, 11) is 0. The van der Waals surface area contributed by atoms with E-state index < -0.39 is 0 Å². The van der Waals surface area contributed by atoms with Crippen molar-refractivity contribution >= 4 is 0 Å². The molecule has 112 valence electrons. The normalized spacial score (nSPS) is 10.8. The summed E-state index contributed by atoms with van der Waals surface area (Å²) in [5.41, 5.74) is 3.93. The second-order valence-electron chi connectivity index (χ2n) is 5.40. The third kappa shape index (κ3) is 4.40. The number of hydrogen-bond donors (Lipinski definition) is 1. The van der Waals surface area contributed by atoms with Crippen LogP contribution in [0, 0.1) is 5.82 Å². The zero-order chi connectivity index (χ0) is 15.1. The van der Waals surface area contributed by atoms with E-state index in [-0.39, 0.29) is 5.82 Å². The van der Waals surface area contributed by atoms with Crippen LogP contribution < -0.4 is 5.32 Å². The van der Waals surface area contributed by atoms with Crippen molar-refractivity contribution < 1.29 is 4.39 Å². The van der Waals surface area contributed by atoms with E-state index in [9.17, 15) is 4.39 Å². The molecule has 0 fully saturated rings. The fraction of sp³-hybridized carbons (Fsp3) is 0.368. The predicted molar refractivity (Wildman–Crippen MR) is 87.8 cm³/mol. The Morgan fingerprint density at radius 2 is 1.67 bits per heavy atom. The van der Waals surface area contributed by atoms with Crippen LogP contribution in [0.3, 0.4) is 0 Å². The highest BCUT2D eigenvalue weighted by Gasteiger charge is 2.06. The van der Waals surface area contributed by atoms with Gasteiger partial charge >= 0.3 is 0 Å². The number of aryl methyl sites for hydroxylation is 1. The summed E-state index contributed by atoms with van der Waals surface area (Å²) in [6, 6.07) is 13.8. The molecular weight excluding hydrogens is 261 g/mol. The summed E-state index contributed by atoms with van der Waals surface area (Å²) in [4.78, 5) is 0. The van der Waals surface area contributed by atoms with E-state index in [1.54, 1.807) is 6.07 Å². The van der Waals surface area contributed by atoms with Gasteiger partial charge in [0, 0.05) is 12.1 Å². The Bertz CT molecular complexity index is 560. The molecule has 0 amide bonds. The van der Waals surface area contributed by atoms with E-state index >= 15 is 0 Å². The molecule has 21 heavy (non-hydrogen) atoms. The topological polar surface area (TPSA) is 12.0 Å². The Morgan fingerprint density at radius 3 is 2.29 bits per heavy atom. The number of rotatable bonds is 7. The number of hydrogen-bond acceptors (Lipinski definition) is 1. The van der Waals surface area contributed by atoms with Gasteiger partial charge in [-0.2, -0.15) is 0 Å². The highest BCUT2D eigenvalue weighted by atomic mass is 19.1. The largest absolute Gasteiger partial charge is 0.313 e. The Kier molecular flexibility index (Phi) is 5.94. The Balaban J connectivity index is 2.13. The lowest BCUT2D eigenvalue weighted by atomic mass is 10.00. The van der Waals surface area contributed by atoms with Crippen LogP contribution in [0.4, 0.5) is 4.39 Å². The monoisotopic (exact) mass is 285 g/mol. The SMILES string of the molecule is CCCCc1ccc(-c2ccc(CNCC)cc2F)cc1. The molecule has 0 aliphatic rings. The molecule has 0 aliphatic carbocycles. The minimum atomic E-state index is -0.147. The van der Waals surface area contributed by atoms with Crippen molar-refractivity contribution in [3.8, 4) is 11.1 Å². The molecule has 0 bridgehead atoms. The quantitative estimate of drug-likeness (QED) is 0.759. The van der Waals surface area contributed by atoms with Crippen LogP contribution in [0.25, 0.3) is 11.1 Å². The van der Waals surface area contributed by atoms with E-state index in [4.69, 9.17) is 0 Å². The van der Waals surface area contributed by atoms with Gasteiger partial charge in [-0.05, 0) is 42.1 Å². The fourth-order valence-corrected chi connectivity index (χ4v) is 2.40. The zero-order valence-corrected chi connectivity index (χ0v) is 13.0. The van der Waals surface area contributed by atoms with Gasteiger partial charge in [0.15, 0.2) is 0 Å². The van der Waals surface area contributed by atoms with Gasteiger partial charge < -0.3 is 5.32 Å². The Hall–Kier alpha value is -1.67. The summed E-state index contributed by atoms with van der Waals surface area (Å²) in [6.07, 6.45) is 3.50. The maximum Gasteiger partial charge on any atom is 0.131 e. The standard InChI is InChI=1S/C19H24FN/c1-3-5-6-15-7-10-17(11-8-15)18-12-9-16(13-19(18)20)14-21-4-2/h7-13,21H,3-6,14H2,1-2H3. The summed E-state index contributed by atoms with van der Waals surface area (Å²) in [6.45, 7) is 5.84. The molecule has 2 heteroatoms. The number of halogens is 1. The molecular formula is C19H24FN. The minimum absolute atomic E-state index is 0.147. The first-order valence-corrected chi connectivity index (χ1v) is 7.83. The lowest BCUT2D eigenvalue weighted by Crippen LogP contribution is -2.11. The maximum absolute atomic E-state index is 14.2. The van der Waals surface area contributed by atoms with Gasteiger partial charge in [-0.1, -0.05) is 56.7 Å². The van der Waals surface area contributed by atoms with Gasteiger partial charge in [-0.25, -0.2) is 4.39 Å². The molecule has 0 saturated heterocycles. The van der Waals surface area contributed by atoms with Gasteiger partial charge in [0.1, 0.15) is 5.82 Å². The van der Waals surface area contributed by atoms with E-state index in [1.807, 2.05) is 31.2 Å². The smallest absolute Gasteiger partial charge is 0.131 e. The fourth-order valence-electron chi connectivity index (χ4n) is 2.40. The zero-order valence-electron chi connectivity index (χ0n) is 13.0. The summed E-state index contributed by atoms with van der Waals surface area (Å²) in [5, 5.41) is 3.21. The van der Waals surface area contributed by atoms with Crippen LogP contribution in [-0.2, 0) is 13.0 Å². The molecule has 1 N–H and O–H groups in total. The molecule has 0 spiro atoms. The minimum Gasteiger partial charge on any atom is -0.313 e. The summed E-state index contributed by atoms with van der Waals surface area (Å²) < 4.78 is 14.2. The van der Waals surface area contributed by atoms with Gasteiger partial charge in [-0.3, -0.25) is 0 Å². The van der Waals surface area contributed by atoms with Crippen molar-refractivity contribution in [2.75, 3.05) is 6.54 Å². The van der Waals surface area contributed by atoms with Crippen LogP contribution >= 0.6 is 0 Å². The van der Waals surface area contributed by atoms with Gasteiger partial charge in [-0.15, -0.1) is 0 Å². The molecule has 2 aromatic carbocycles. The summed E-state index contributed by atoms with van der Waals surface area (Å²) >= 11 is 0. The first-order valence-electron chi connectivity index (χ1n) is 7.83.